The number of nitrogens with zero attached hydrogens (tertiary/aromatic N) is 1. The minimum atomic E-state index is -3.47. The van der Waals surface area contributed by atoms with Gasteiger partial charge in [-0.05, 0) is 49.1 Å². The van der Waals surface area contributed by atoms with E-state index in [0.717, 1.165) is 35.1 Å². The number of carbonyl (C=O) groups is 1. The lowest BCUT2D eigenvalue weighted by Gasteiger charge is -2.22. The van der Waals surface area contributed by atoms with Crippen molar-refractivity contribution >= 4 is 27.3 Å². The molecule has 2 rings (SSSR count). The van der Waals surface area contributed by atoms with Crippen LogP contribution in [0.4, 0.5) is 11.4 Å². The lowest BCUT2D eigenvalue weighted by molar-refractivity contribution is -0.116. The molecule has 0 atom stereocenters. The van der Waals surface area contributed by atoms with Crippen molar-refractivity contribution in [2.45, 2.75) is 33.6 Å². The van der Waals surface area contributed by atoms with Crippen LogP contribution >= 0.6 is 0 Å². The Balaban J connectivity index is 2.11. The molecule has 0 radical (unpaired) electrons. The summed E-state index contributed by atoms with van der Waals surface area (Å²) in [6, 6.07) is 13.2. The Morgan fingerprint density at radius 2 is 1.62 bits per heavy atom. The number of para-hydroxylation sites is 1. The van der Waals surface area contributed by atoms with Gasteiger partial charge in [0, 0.05) is 18.7 Å². The number of sulfonamides is 1. The monoisotopic (exact) mass is 374 g/mol. The van der Waals surface area contributed by atoms with Crippen LogP contribution in [0.1, 0.15) is 30.0 Å². The van der Waals surface area contributed by atoms with E-state index in [0.29, 0.717) is 5.69 Å². The summed E-state index contributed by atoms with van der Waals surface area (Å²) >= 11 is 0. The topological polar surface area (TPSA) is 66.5 Å². The SMILES string of the molecule is CCc1ccc(N(CCC(=O)Nc2c(C)cccc2C)S(C)(=O)=O)cc1. The smallest absolute Gasteiger partial charge is 0.232 e. The number of aryl methyl sites for hydroxylation is 3. The van der Waals surface area contributed by atoms with E-state index in [2.05, 4.69) is 5.32 Å². The summed E-state index contributed by atoms with van der Waals surface area (Å²) in [5.41, 5.74) is 4.46. The van der Waals surface area contributed by atoms with Crippen LogP contribution in [0.2, 0.25) is 0 Å². The van der Waals surface area contributed by atoms with E-state index in [1.807, 2.05) is 51.1 Å². The molecule has 2 aromatic rings. The molecule has 0 saturated heterocycles. The van der Waals surface area contributed by atoms with Gasteiger partial charge in [0.1, 0.15) is 0 Å². The zero-order chi connectivity index (χ0) is 19.3. The van der Waals surface area contributed by atoms with Gasteiger partial charge >= 0.3 is 0 Å². The second-order valence-corrected chi connectivity index (χ2v) is 8.33. The minimum Gasteiger partial charge on any atom is -0.326 e. The van der Waals surface area contributed by atoms with Crippen molar-refractivity contribution in [1.29, 1.82) is 0 Å². The van der Waals surface area contributed by atoms with Gasteiger partial charge in [0.2, 0.25) is 15.9 Å². The predicted octanol–water partition coefficient (Wildman–Crippen LogP) is 3.66. The Hall–Kier alpha value is -2.34. The van der Waals surface area contributed by atoms with E-state index >= 15 is 0 Å². The third-order valence-corrected chi connectivity index (χ3v) is 5.51. The average Bonchev–Trinajstić information content (AvgIpc) is 2.58. The molecule has 2 aromatic carbocycles. The number of carbonyl (C=O) groups excluding carboxylic acids is 1. The zero-order valence-electron chi connectivity index (χ0n) is 15.7. The van der Waals surface area contributed by atoms with Gasteiger partial charge in [-0.1, -0.05) is 37.3 Å². The molecular weight excluding hydrogens is 348 g/mol. The van der Waals surface area contributed by atoms with Crippen LogP contribution in [0.25, 0.3) is 0 Å². The summed E-state index contributed by atoms with van der Waals surface area (Å²) in [7, 11) is -3.47. The molecule has 0 aliphatic carbocycles. The maximum atomic E-state index is 12.3. The predicted molar refractivity (Wildman–Crippen MR) is 107 cm³/mol. The van der Waals surface area contributed by atoms with E-state index in [-0.39, 0.29) is 18.9 Å². The highest BCUT2D eigenvalue weighted by Crippen LogP contribution is 2.21. The van der Waals surface area contributed by atoms with Gasteiger partial charge in [-0.3, -0.25) is 9.10 Å². The van der Waals surface area contributed by atoms with Crippen LogP contribution in [0.5, 0.6) is 0 Å². The molecule has 0 aliphatic rings. The maximum absolute atomic E-state index is 12.3. The fourth-order valence-corrected chi connectivity index (χ4v) is 3.73. The van der Waals surface area contributed by atoms with Gasteiger partial charge < -0.3 is 5.32 Å². The number of hydrogen-bond donors (Lipinski definition) is 1. The molecule has 140 valence electrons. The van der Waals surface area contributed by atoms with E-state index in [1.54, 1.807) is 12.1 Å². The Bertz CT molecular complexity index is 854. The zero-order valence-corrected chi connectivity index (χ0v) is 16.6. The first-order valence-electron chi connectivity index (χ1n) is 8.65. The van der Waals surface area contributed by atoms with Gasteiger partial charge in [0.25, 0.3) is 0 Å². The van der Waals surface area contributed by atoms with Crippen molar-refractivity contribution < 1.29 is 13.2 Å². The van der Waals surface area contributed by atoms with E-state index in [4.69, 9.17) is 0 Å². The molecule has 0 bridgehead atoms. The van der Waals surface area contributed by atoms with Gasteiger partial charge in [-0.25, -0.2) is 8.42 Å². The molecule has 0 heterocycles. The molecule has 0 spiro atoms. The number of amides is 1. The molecule has 1 N–H and O–H groups in total. The van der Waals surface area contributed by atoms with Crippen LogP contribution in [0.3, 0.4) is 0 Å². The first kappa shape index (κ1) is 20.0. The van der Waals surface area contributed by atoms with E-state index in [1.165, 1.54) is 4.31 Å². The summed E-state index contributed by atoms with van der Waals surface area (Å²) in [5, 5.41) is 2.89. The summed E-state index contributed by atoms with van der Waals surface area (Å²) < 4.78 is 25.6. The Kier molecular flexibility index (Phi) is 6.42. The van der Waals surface area contributed by atoms with Gasteiger partial charge in [0.15, 0.2) is 0 Å². The number of rotatable bonds is 7. The largest absolute Gasteiger partial charge is 0.326 e. The number of hydrogen-bond acceptors (Lipinski definition) is 3. The first-order valence-corrected chi connectivity index (χ1v) is 10.5. The molecule has 1 amide bonds. The summed E-state index contributed by atoms with van der Waals surface area (Å²) in [6.07, 6.45) is 2.12. The second kappa shape index (κ2) is 8.36. The van der Waals surface area contributed by atoms with Crippen molar-refractivity contribution in [2.24, 2.45) is 0 Å². The van der Waals surface area contributed by atoms with Gasteiger partial charge in [-0.15, -0.1) is 0 Å². The van der Waals surface area contributed by atoms with Crippen LogP contribution in [0.15, 0.2) is 42.5 Å². The summed E-state index contributed by atoms with van der Waals surface area (Å²) in [6.45, 7) is 6.00. The quantitative estimate of drug-likeness (QED) is 0.804. The van der Waals surface area contributed by atoms with Crippen LogP contribution < -0.4 is 9.62 Å². The van der Waals surface area contributed by atoms with Crippen LogP contribution in [-0.2, 0) is 21.2 Å². The molecule has 5 nitrogen and oxygen atoms in total. The molecule has 26 heavy (non-hydrogen) atoms. The Morgan fingerprint density at radius 3 is 2.12 bits per heavy atom. The molecule has 0 aliphatic heterocycles. The van der Waals surface area contributed by atoms with Crippen LogP contribution in [-0.4, -0.2) is 27.1 Å². The van der Waals surface area contributed by atoms with Crippen molar-refractivity contribution in [3.63, 3.8) is 0 Å². The standard InChI is InChI=1S/C20H26N2O3S/c1-5-17-9-11-18(12-10-17)22(26(4,24)25)14-13-19(23)21-20-15(2)7-6-8-16(20)3/h6-12H,5,13-14H2,1-4H3,(H,21,23). The highest BCUT2D eigenvalue weighted by atomic mass is 32.2. The lowest BCUT2D eigenvalue weighted by atomic mass is 10.1. The van der Waals surface area contributed by atoms with Crippen molar-refractivity contribution in [3.05, 3.63) is 59.2 Å². The fraction of sp³-hybridized carbons (Fsp3) is 0.350. The molecule has 6 heteroatoms. The van der Waals surface area contributed by atoms with Crippen molar-refractivity contribution in [3.8, 4) is 0 Å². The highest BCUT2D eigenvalue weighted by Gasteiger charge is 2.19. The van der Waals surface area contributed by atoms with E-state index < -0.39 is 10.0 Å². The number of benzene rings is 2. The van der Waals surface area contributed by atoms with Crippen molar-refractivity contribution in [1.82, 2.24) is 0 Å². The molecule has 0 fully saturated rings. The van der Waals surface area contributed by atoms with Gasteiger partial charge in [0.05, 0.1) is 11.9 Å². The number of nitrogens with one attached hydrogen (secondary N) is 1. The maximum Gasteiger partial charge on any atom is 0.232 e. The third-order valence-electron chi connectivity index (χ3n) is 4.32. The molecule has 0 saturated carbocycles. The van der Waals surface area contributed by atoms with Crippen molar-refractivity contribution in [2.75, 3.05) is 22.4 Å². The molecule has 0 unspecified atom stereocenters. The van der Waals surface area contributed by atoms with Gasteiger partial charge in [-0.2, -0.15) is 0 Å². The number of anilines is 2. The summed E-state index contributed by atoms with van der Waals surface area (Å²) in [5.74, 6) is -0.207. The second-order valence-electron chi connectivity index (χ2n) is 6.42. The highest BCUT2D eigenvalue weighted by molar-refractivity contribution is 7.92. The van der Waals surface area contributed by atoms with Crippen LogP contribution in [0, 0.1) is 13.8 Å². The lowest BCUT2D eigenvalue weighted by Crippen LogP contribution is -2.33. The van der Waals surface area contributed by atoms with E-state index in [9.17, 15) is 13.2 Å². The fourth-order valence-electron chi connectivity index (χ4n) is 2.80. The Labute approximate surface area is 156 Å². The molecule has 0 aromatic heterocycles. The first-order chi connectivity index (χ1) is 12.2. The minimum absolute atomic E-state index is 0.0797. The third kappa shape index (κ3) is 5.08. The Morgan fingerprint density at radius 1 is 1.04 bits per heavy atom. The molecular formula is C20H26N2O3S. The summed E-state index contributed by atoms with van der Waals surface area (Å²) in [4.78, 5) is 12.3. The normalized spacial score (nSPS) is 11.2. The average molecular weight is 375 g/mol.